The largest absolute Gasteiger partial charge is 0.445 e. The summed E-state index contributed by atoms with van der Waals surface area (Å²) in [6.07, 6.45) is -0.647. The van der Waals surface area contributed by atoms with Gasteiger partial charge in [-0.3, -0.25) is 9.59 Å². The van der Waals surface area contributed by atoms with Crippen LogP contribution in [0.1, 0.15) is 18.9 Å². The van der Waals surface area contributed by atoms with Crippen LogP contribution in [0, 0.1) is 17.2 Å². The number of nitrogens with one attached hydrogen (secondary N) is 2. The number of nitrogens with two attached hydrogens (primary N) is 1. The van der Waals surface area contributed by atoms with Crippen LogP contribution in [0.5, 0.6) is 0 Å². The van der Waals surface area contributed by atoms with E-state index in [1.54, 1.807) is 19.1 Å². The van der Waals surface area contributed by atoms with E-state index in [1.807, 2.05) is 24.3 Å². The Kier molecular flexibility index (Phi) is 7.78. The van der Waals surface area contributed by atoms with E-state index >= 15 is 0 Å². The third-order valence-electron chi connectivity index (χ3n) is 3.09. The quantitative estimate of drug-likeness (QED) is 0.634. The summed E-state index contributed by atoms with van der Waals surface area (Å²) in [7, 11) is 0. The van der Waals surface area contributed by atoms with Gasteiger partial charge in [-0.25, -0.2) is 4.79 Å². The topological polar surface area (TPSA) is 134 Å². The molecule has 0 fully saturated rings. The molecule has 128 valence electrons. The minimum Gasteiger partial charge on any atom is -0.445 e. The molecule has 0 aliphatic heterocycles. The fraction of sp³-hybridized carbons (Fsp3) is 0.375. The number of alkyl carbamates (subject to hydrolysis) is 1. The minimum absolute atomic E-state index is 0.0812. The lowest BCUT2D eigenvalue weighted by Crippen LogP contribution is -2.48. The summed E-state index contributed by atoms with van der Waals surface area (Å²) in [5.41, 5.74) is 6.00. The Labute approximate surface area is 140 Å². The fourth-order valence-corrected chi connectivity index (χ4v) is 1.82. The maximum absolute atomic E-state index is 11.7. The first-order valence-corrected chi connectivity index (χ1v) is 7.35. The van der Waals surface area contributed by atoms with Crippen LogP contribution in [0.4, 0.5) is 4.79 Å². The standard InChI is InChI=1S/C16H20N4O4/c1-11(8-17)7-13(15(18)22)20-14(21)9-19-16(23)24-10-12-5-3-2-4-6-12/h2-6,11,13H,7,9-10H2,1H3,(H2,18,22)(H,19,23)(H,20,21)/t11-,13+/m0/s1. The van der Waals surface area contributed by atoms with E-state index in [1.165, 1.54) is 0 Å². The highest BCUT2D eigenvalue weighted by molar-refractivity contribution is 5.88. The van der Waals surface area contributed by atoms with E-state index in [2.05, 4.69) is 10.6 Å². The van der Waals surface area contributed by atoms with Crippen molar-refractivity contribution in [2.45, 2.75) is 26.0 Å². The second-order valence-corrected chi connectivity index (χ2v) is 5.20. The van der Waals surface area contributed by atoms with Crippen molar-refractivity contribution in [1.29, 1.82) is 5.26 Å². The molecule has 0 radical (unpaired) electrons. The average Bonchev–Trinajstić information content (AvgIpc) is 2.58. The number of nitriles is 1. The molecule has 4 N–H and O–H groups in total. The second kappa shape index (κ2) is 9.84. The fourth-order valence-electron chi connectivity index (χ4n) is 1.82. The van der Waals surface area contributed by atoms with Gasteiger partial charge < -0.3 is 21.1 Å². The molecule has 0 aromatic heterocycles. The molecule has 1 aromatic rings. The zero-order valence-corrected chi connectivity index (χ0v) is 13.3. The Hall–Kier alpha value is -3.08. The van der Waals surface area contributed by atoms with Crippen LogP contribution in [-0.2, 0) is 20.9 Å². The lowest BCUT2D eigenvalue weighted by molar-refractivity contribution is -0.127. The van der Waals surface area contributed by atoms with E-state index < -0.39 is 29.9 Å². The Morgan fingerprint density at radius 2 is 1.96 bits per heavy atom. The van der Waals surface area contributed by atoms with Crippen LogP contribution in [0.2, 0.25) is 0 Å². The number of primary amides is 1. The molecule has 0 saturated carbocycles. The first-order valence-electron chi connectivity index (χ1n) is 7.35. The minimum atomic E-state index is -0.964. The van der Waals surface area contributed by atoms with Crippen molar-refractivity contribution in [2.75, 3.05) is 6.54 Å². The number of nitrogens with zero attached hydrogens (tertiary/aromatic N) is 1. The van der Waals surface area contributed by atoms with Crippen LogP contribution in [0.25, 0.3) is 0 Å². The number of carbonyl (C=O) groups excluding carboxylic acids is 3. The van der Waals surface area contributed by atoms with Crippen LogP contribution in [0.3, 0.4) is 0 Å². The molecule has 1 aromatic carbocycles. The van der Waals surface area contributed by atoms with Crippen molar-refractivity contribution < 1.29 is 19.1 Å². The first-order chi connectivity index (χ1) is 11.4. The summed E-state index contributed by atoms with van der Waals surface area (Å²) >= 11 is 0. The van der Waals surface area contributed by atoms with E-state index in [0.717, 1.165) is 5.56 Å². The predicted molar refractivity (Wildman–Crippen MR) is 85.1 cm³/mol. The summed E-state index contributed by atoms with van der Waals surface area (Å²) in [4.78, 5) is 34.5. The number of carbonyl (C=O) groups is 3. The van der Waals surface area contributed by atoms with Crippen LogP contribution in [-0.4, -0.2) is 30.5 Å². The third-order valence-corrected chi connectivity index (χ3v) is 3.09. The van der Waals surface area contributed by atoms with E-state index in [-0.39, 0.29) is 19.6 Å². The highest BCUT2D eigenvalue weighted by atomic mass is 16.5. The molecule has 24 heavy (non-hydrogen) atoms. The molecule has 2 atom stereocenters. The van der Waals surface area contributed by atoms with Crippen molar-refractivity contribution in [2.24, 2.45) is 11.7 Å². The lowest BCUT2D eigenvalue weighted by Gasteiger charge is -2.16. The molecule has 0 bridgehead atoms. The van der Waals surface area contributed by atoms with Gasteiger partial charge in [0, 0.05) is 5.92 Å². The van der Waals surface area contributed by atoms with Gasteiger partial charge in [-0.1, -0.05) is 30.3 Å². The van der Waals surface area contributed by atoms with Crippen molar-refractivity contribution in [3.8, 4) is 6.07 Å². The van der Waals surface area contributed by atoms with E-state index in [4.69, 9.17) is 15.7 Å². The highest BCUT2D eigenvalue weighted by Gasteiger charge is 2.21. The monoisotopic (exact) mass is 332 g/mol. The summed E-state index contributed by atoms with van der Waals surface area (Å²) in [5, 5.41) is 13.4. The van der Waals surface area contributed by atoms with Gasteiger partial charge >= 0.3 is 6.09 Å². The van der Waals surface area contributed by atoms with Gasteiger partial charge in [0.2, 0.25) is 11.8 Å². The molecular weight excluding hydrogens is 312 g/mol. The Morgan fingerprint density at radius 3 is 2.54 bits per heavy atom. The normalized spacial score (nSPS) is 12.3. The maximum Gasteiger partial charge on any atom is 0.407 e. The Bertz CT molecular complexity index is 612. The molecule has 8 nitrogen and oxygen atoms in total. The van der Waals surface area contributed by atoms with Gasteiger partial charge in [-0.2, -0.15) is 5.26 Å². The van der Waals surface area contributed by atoms with E-state index in [0.29, 0.717) is 0 Å². The number of hydrogen-bond donors (Lipinski definition) is 3. The Balaban J connectivity index is 2.34. The molecule has 1 rings (SSSR count). The SMILES string of the molecule is C[C@H](C#N)C[C@@H](NC(=O)CNC(=O)OCc1ccccc1)C(N)=O. The number of ether oxygens (including phenoxy) is 1. The lowest BCUT2D eigenvalue weighted by atomic mass is 10.0. The van der Waals surface area contributed by atoms with Gasteiger partial charge in [0.05, 0.1) is 6.07 Å². The summed E-state index contributed by atoms with van der Waals surface area (Å²) in [6.45, 7) is 1.33. The third kappa shape index (κ3) is 7.26. The maximum atomic E-state index is 11.7. The smallest absolute Gasteiger partial charge is 0.407 e. The van der Waals surface area contributed by atoms with Crippen molar-refractivity contribution in [3.05, 3.63) is 35.9 Å². The van der Waals surface area contributed by atoms with E-state index in [9.17, 15) is 14.4 Å². The molecule has 8 heteroatoms. The molecule has 0 unspecified atom stereocenters. The number of amides is 3. The van der Waals surface area contributed by atoms with Gasteiger partial charge in [0.1, 0.15) is 19.2 Å². The summed E-state index contributed by atoms with van der Waals surface area (Å²) in [5.74, 6) is -1.77. The molecule has 3 amide bonds. The highest BCUT2D eigenvalue weighted by Crippen LogP contribution is 2.04. The number of benzene rings is 1. The molecule has 0 spiro atoms. The van der Waals surface area contributed by atoms with Gasteiger partial charge in [-0.15, -0.1) is 0 Å². The summed E-state index contributed by atoms with van der Waals surface area (Å²) in [6, 6.07) is 10.1. The molecular formula is C16H20N4O4. The predicted octanol–water partition coefficient (Wildman–Crippen LogP) is 0.433. The number of hydrogen-bond acceptors (Lipinski definition) is 5. The van der Waals surface area contributed by atoms with Crippen molar-refractivity contribution in [3.63, 3.8) is 0 Å². The van der Waals surface area contributed by atoms with Crippen LogP contribution >= 0.6 is 0 Å². The summed E-state index contributed by atoms with van der Waals surface area (Å²) < 4.78 is 4.95. The average molecular weight is 332 g/mol. The zero-order chi connectivity index (χ0) is 17.9. The number of rotatable bonds is 8. The van der Waals surface area contributed by atoms with Crippen LogP contribution in [0.15, 0.2) is 30.3 Å². The second-order valence-electron chi connectivity index (χ2n) is 5.20. The van der Waals surface area contributed by atoms with Gasteiger partial charge in [0.25, 0.3) is 0 Å². The molecule has 0 aliphatic carbocycles. The van der Waals surface area contributed by atoms with Crippen molar-refractivity contribution >= 4 is 17.9 Å². The van der Waals surface area contributed by atoms with Crippen molar-refractivity contribution in [1.82, 2.24) is 10.6 Å². The molecule has 0 aliphatic rings. The molecule has 0 heterocycles. The zero-order valence-electron chi connectivity index (χ0n) is 13.3. The Morgan fingerprint density at radius 1 is 1.29 bits per heavy atom. The first kappa shape index (κ1) is 19.0. The van der Waals surface area contributed by atoms with Crippen LogP contribution < -0.4 is 16.4 Å². The van der Waals surface area contributed by atoms with Gasteiger partial charge in [0.15, 0.2) is 0 Å². The van der Waals surface area contributed by atoms with Gasteiger partial charge in [-0.05, 0) is 18.9 Å². The molecule has 0 saturated heterocycles.